The van der Waals surface area contributed by atoms with Gasteiger partial charge in [0.05, 0.1) is 31.5 Å². The molecule has 7 heteroatoms. The quantitative estimate of drug-likeness (QED) is 0.263. The molecule has 1 atom stereocenters. The van der Waals surface area contributed by atoms with Crippen LogP contribution in [0.1, 0.15) is 51.8 Å². The highest BCUT2D eigenvalue weighted by Gasteiger charge is 2.46. The Labute approximate surface area is 228 Å². The highest BCUT2D eigenvalue weighted by atomic mass is 16.5. The molecule has 0 fully saturated rings. The molecule has 198 valence electrons. The van der Waals surface area contributed by atoms with Crippen molar-refractivity contribution in [2.24, 2.45) is 0 Å². The Bertz CT molecular complexity index is 1390. The van der Waals surface area contributed by atoms with Crippen LogP contribution < -0.4 is 5.43 Å². The molecular formula is C32H32N4O3. The summed E-state index contributed by atoms with van der Waals surface area (Å²) in [6, 6.07) is 31.6. The zero-order chi connectivity index (χ0) is 26.8. The molecule has 0 bridgehead atoms. The van der Waals surface area contributed by atoms with Crippen molar-refractivity contribution >= 4 is 11.5 Å². The summed E-state index contributed by atoms with van der Waals surface area (Å²) in [5.41, 5.74) is 9.69. The maximum atomic E-state index is 12.9. The number of nitrogens with one attached hydrogen (secondary N) is 1. The smallest absolute Gasteiger partial charge is 0.356 e. The lowest BCUT2D eigenvalue weighted by atomic mass is 9.76. The van der Waals surface area contributed by atoms with Crippen LogP contribution in [0.5, 0.6) is 0 Å². The van der Waals surface area contributed by atoms with E-state index in [-0.39, 0.29) is 25.8 Å². The fourth-order valence-corrected chi connectivity index (χ4v) is 6.04. The van der Waals surface area contributed by atoms with Gasteiger partial charge < -0.3 is 9.84 Å². The molecule has 3 aromatic carbocycles. The fourth-order valence-electron chi connectivity index (χ4n) is 6.04. The standard InChI is InChI=1S/C32H32N4O3/c1-2-39-31(38)30-26-18-19-28-27(29(26)34-35(30)20-21-37)22-36(33-28)32(23-12-6-3-7-13-23,24-14-8-4-9-15-24)25-16-10-5-11-17-25/h3-17,22,28,33,37H,2,18-21H2,1H3. The van der Waals surface area contributed by atoms with Crippen molar-refractivity contribution in [1.29, 1.82) is 0 Å². The lowest BCUT2D eigenvalue weighted by Crippen LogP contribution is -2.52. The fraction of sp³-hybridized carbons (Fsp3) is 0.250. The Balaban J connectivity index is 1.55. The number of aliphatic hydroxyl groups is 1. The second-order valence-corrected chi connectivity index (χ2v) is 9.83. The molecule has 6 rings (SSSR count). The minimum absolute atomic E-state index is 0.0283. The van der Waals surface area contributed by atoms with Gasteiger partial charge in [-0.1, -0.05) is 91.0 Å². The Morgan fingerprint density at radius 2 is 1.54 bits per heavy atom. The van der Waals surface area contributed by atoms with Crippen LogP contribution in [0.4, 0.5) is 0 Å². The van der Waals surface area contributed by atoms with E-state index in [4.69, 9.17) is 9.84 Å². The van der Waals surface area contributed by atoms with Gasteiger partial charge >= 0.3 is 5.97 Å². The predicted molar refractivity (Wildman–Crippen MR) is 150 cm³/mol. The molecule has 0 amide bonds. The largest absolute Gasteiger partial charge is 0.461 e. The van der Waals surface area contributed by atoms with Crippen LogP contribution in [0.25, 0.3) is 5.57 Å². The van der Waals surface area contributed by atoms with Crippen LogP contribution in [-0.2, 0) is 23.2 Å². The number of carbonyl (C=O) groups excluding carboxylic acids is 1. The summed E-state index contributed by atoms with van der Waals surface area (Å²) in [7, 11) is 0. The summed E-state index contributed by atoms with van der Waals surface area (Å²) in [5, 5.41) is 16.7. The number of carbonyl (C=O) groups is 1. The average molecular weight is 521 g/mol. The minimum atomic E-state index is -0.661. The van der Waals surface area contributed by atoms with E-state index in [1.54, 1.807) is 11.6 Å². The van der Waals surface area contributed by atoms with Crippen molar-refractivity contribution < 1.29 is 14.6 Å². The van der Waals surface area contributed by atoms with Gasteiger partial charge in [-0.05, 0) is 36.5 Å². The molecule has 0 radical (unpaired) electrons. The third-order valence-corrected chi connectivity index (χ3v) is 7.66. The number of hydrogen-bond acceptors (Lipinski definition) is 6. The van der Waals surface area contributed by atoms with Gasteiger partial charge in [-0.2, -0.15) is 5.10 Å². The van der Waals surface area contributed by atoms with Gasteiger partial charge in [0.2, 0.25) is 0 Å². The van der Waals surface area contributed by atoms with Crippen LogP contribution in [-0.4, -0.2) is 45.1 Å². The first-order valence-corrected chi connectivity index (χ1v) is 13.5. The van der Waals surface area contributed by atoms with Gasteiger partial charge in [0, 0.05) is 17.3 Å². The van der Waals surface area contributed by atoms with Gasteiger partial charge in [0.1, 0.15) is 11.2 Å². The van der Waals surface area contributed by atoms with Crippen LogP contribution >= 0.6 is 0 Å². The number of hydrazine groups is 1. The van der Waals surface area contributed by atoms with E-state index in [9.17, 15) is 9.90 Å². The Morgan fingerprint density at radius 3 is 2.05 bits per heavy atom. The molecule has 2 aliphatic rings. The molecule has 0 saturated heterocycles. The van der Waals surface area contributed by atoms with Gasteiger partial charge in [-0.25, -0.2) is 10.2 Å². The van der Waals surface area contributed by atoms with Gasteiger partial charge in [0.25, 0.3) is 0 Å². The molecule has 1 unspecified atom stereocenters. The number of rotatable bonds is 8. The van der Waals surface area contributed by atoms with E-state index in [0.717, 1.165) is 39.9 Å². The summed E-state index contributed by atoms with van der Waals surface area (Å²) in [6.45, 7) is 2.20. The van der Waals surface area contributed by atoms with Crippen LogP contribution in [0.3, 0.4) is 0 Å². The maximum absolute atomic E-state index is 12.9. The first kappa shape index (κ1) is 25.1. The Morgan fingerprint density at radius 1 is 0.974 bits per heavy atom. The third kappa shape index (κ3) is 4.15. The summed E-state index contributed by atoms with van der Waals surface area (Å²) < 4.78 is 6.98. The lowest BCUT2D eigenvalue weighted by molar-refractivity contribution is 0.0509. The molecule has 39 heavy (non-hydrogen) atoms. The number of ether oxygens (including phenoxy) is 1. The SMILES string of the molecule is CCOC(=O)c1c2c(nn1CCO)C1=CN(C(c3ccccc3)(c3ccccc3)c3ccccc3)NC1CC2. The highest BCUT2D eigenvalue weighted by Crippen LogP contribution is 2.46. The van der Waals surface area contributed by atoms with E-state index in [1.165, 1.54) is 0 Å². The average Bonchev–Trinajstić information content (AvgIpc) is 3.57. The van der Waals surface area contributed by atoms with Crippen molar-refractivity contribution in [2.45, 2.75) is 37.9 Å². The second kappa shape index (κ2) is 10.5. The van der Waals surface area contributed by atoms with E-state index in [1.807, 2.05) is 18.2 Å². The normalized spacial score (nSPS) is 16.4. The van der Waals surface area contributed by atoms with Crippen LogP contribution in [0, 0.1) is 0 Å². The zero-order valence-corrected chi connectivity index (χ0v) is 22.0. The number of fused-ring (bicyclic) bond motifs is 3. The molecule has 1 aromatic heterocycles. The number of aromatic nitrogens is 2. The zero-order valence-electron chi connectivity index (χ0n) is 22.0. The number of nitrogens with zero attached hydrogens (tertiary/aromatic N) is 3. The minimum Gasteiger partial charge on any atom is -0.461 e. The molecule has 4 aromatic rings. The second-order valence-electron chi connectivity index (χ2n) is 9.83. The van der Waals surface area contributed by atoms with E-state index in [0.29, 0.717) is 12.1 Å². The Hall–Kier alpha value is -4.20. The maximum Gasteiger partial charge on any atom is 0.356 e. The molecule has 0 saturated carbocycles. The van der Waals surface area contributed by atoms with Crippen molar-refractivity contribution in [3.05, 3.63) is 131 Å². The summed E-state index contributed by atoms with van der Waals surface area (Å²) in [5.74, 6) is -0.395. The predicted octanol–water partition coefficient (Wildman–Crippen LogP) is 4.52. The highest BCUT2D eigenvalue weighted by molar-refractivity contribution is 5.92. The van der Waals surface area contributed by atoms with E-state index >= 15 is 0 Å². The molecule has 2 heterocycles. The first-order valence-electron chi connectivity index (χ1n) is 13.5. The monoisotopic (exact) mass is 520 g/mol. The topological polar surface area (TPSA) is 79.6 Å². The first-order chi connectivity index (χ1) is 19.2. The number of esters is 1. The van der Waals surface area contributed by atoms with Crippen LogP contribution in [0.15, 0.2) is 97.2 Å². The summed E-state index contributed by atoms with van der Waals surface area (Å²) in [4.78, 5) is 12.9. The molecule has 0 spiro atoms. The third-order valence-electron chi connectivity index (χ3n) is 7.66. The number of hydrogen-bond donors (Lipinski definition) is 2. The van der Waals surface area contributed by atoms with Gasteiger partial charge in [-0.3, -0.25) is 9.69 Å². The van der Waals surface area contributed by atoms with Crippen molar-refractivity contribution in [1.82, 2.24) is 20.2 Å². The van der Waals surface area contributed by atoms with Gasteiger partial charge in [-0.15, -0.1) is 0 Å². The number of benzene rings is 3. The van der Waals surface area contributed by atoms with Crippen LogP contribution in [0.2, 0.25) is 0 Å². The number of aliphatic hydroxyl groups excluding tert-OH is 1. The van der Waals surface area contributed by atoms with Gasteiger partial charge in [0.15, 0.2) is 0 Å². The van der Waals surface area contributed by atoms with Crippen molar-refractivity contribution in [3.8, 4) is 0 Å². The summed E-state index contributed by atoms with van der Waals surface area (Å²) >= 11 is 0. The van der Waals surface area contributed by atoms with E-state index in [2.05, 4.69) is 89.4 Å². The lowest BCUT2D eigenvalue weighted by Gasteiger charge is -2.44. The summed E-state index contributed by atoms with van der Waals surface area (Å²) in [6.07, 6.45) is 3.65. The molecule has 1 aliphatic carbocycles. The van der Waals surface area contributed by atoms with Crippen molar-refractivity contribution in [3.63, 3.8) is 0 Å². The molecule has 2 N–H and O–H groups in total. The Kier molecular flexibility index (Phi) is 6.77. The van der Waals surface area contributed by atoms with Crippen molar-refractivity contribution in [2.75, 3.05) is 13.2 Å². The molecular weight excluding hydrogens is 488 g/mol. The molecule has 7 nitrogen and oxygen atoms in total. The van der Waals surface area contributed by atoms with E-state index < -0.39 is 11.5 Å². The molecule has 1 aliphatic heterocycles.